The fourth-order valence-electron chi connectivity index (χ4n) is 1.28. The molecule has 5 nitrogen and oxygen atoms in total. The van der Waals surface area contributed by atoms with Gasteiger partial charge in [0.1, 0.15) is 0 Å². The monoisotopic (exact) mass is 214 g/mol. The Morgan fingerprint density at radius 3 is 2.53 bits per heavy atom. The maximum absolute atomic E-state index is 10.9. The minimum absolute atomic E-state index is 0.0512. The number of aliphatic carboxylic acids is 1. The third kappa shape index (κ3) is 7.69. The standard InChI is InChI=1S/C10H18N2O3/c1-4-9(13)11-6-8(5-10(14)15)7-12(2)3/h4,8H,1,5-7H2,2-3H3,(H,11,13)(H,14,15). The molecule has 0 saturated carbocycles. The maximum Gasteiger partial charge on any atom is 0.303 e. The summed E-state index contributed by atoms with van der Waals surface area (Å²) in [6.45, 7) is 4.31. The van der Waals surface area contributed by atoms with Crippen LogP contribution in [0.4, 0.5) is 0 Å². The number of amides is 1. The molecule has 0 radical (unpaired) electrons. The van der Waals surface area contributed by atoms with Crippen molar-refractivity contribution in [2.24, 2.45) is 5.92 Å². The van der Waals surface area contributed by atoms with E-state index >= 15 is 0 Å². The van der Waals surface area contributed by atoms with Crippen molar-refractivity contribution >= 4 is 11.9 Å². The zero-order valence-electron chi connectivity index (χ0n) is 9.19. The molecule has 2 N–H and O–H groups in total. The molecule has 0 aliphatic carbocycles. The van der Waals surface area contributed by atoms with Crippen LogP contribution in [0, 0.1) is 5.92 Å². The van der Waals surface area contributed by atoms with Crippen LogP contribution in [0.5, 0.6) is 0 Å². The van der Waals surface area contributed by atoms with E-state index in [1.165, 1.54) is 6.08 Å². The van der Waals surface area contributed by atoms with Crippen molar-refractivity contribution in [1.82, 2.24) is 10.2 Å². The molecule has 0 fully saturated rings. The van der Waals surface area contributed by atoms with Crippen LogP contribution >= 0.6 is 0 Å². The minimum atomic E-state index is -0.852. The molecule has 0 rings (SSSR count). The van der Waals surface area contributed by atoms with Crippen LogP contribution in [0.1, 0.15) is 6.42 Å². The molecule has 5 heteroatoms. The molecule has 0 spiro atoms. The van der Waals surface area contributed by atoms with Crippen molar-refractivity contribution in [3.63, 3.8) is 0 Å². The first-order valence-electron chi connectivity index (χ1n) is 4.72. The Morgan fingerprint density at radius 1 is 1.53 bits per heavy atom. The van der Waals surface area contributed by atoms with E-state index in [9.17, 15) is 9.59 Å². The highest BCUT2D eigenvalue weighted by Gasteiger charge is 2.14. The smallest absolute Gasteiger partial charge is 0.303 e. The third-order valence-corrected chi connectivity index (χ3v) is 1.84. The number of carboxylic acid groups (broad SMARTS) is 1. The van der Waals surface area contributed by atoms with Gasteiger partial charge in [-0.15, -0.1) is 0 Å². The van der Waals surface area contributed by atoms with Gasteiger partial charge < -0.3 is 15.3 Å². The maximum atomic E-state index is 10.9. The van der Waals surface area contributed by atoms with Crippen molar-refractivity contribution in [3.05, 3.63) is 12.7 Å². The molecule has 0 heterocycles. The summed E-state index contributed by atoms with van der Waals surface area (Å²) in [4.78, 5) is 23.3. The lowest BCUT2D eigenvalue weighted by atomic mass is 10.1. The molecule has 86 valence electrons. The molecule has 1 amide bonds. The number of hydrogen-bond acceptors (Lipinski definition) is 3. The Balaban J connectivity index is 4.05. The number of carboxylic acids is 1. The first kappa shape index (κ1) is 13.6. The average Bonchev–Trinajstić information content (AvgIpc) is 2.11. The zero-order valence-corrected chi connectivity index (χ0v) is 9.19. The highest BCUT2D eigenvalue weighted by atomic mass is 16.4. The molecule has 0 aliphatic rings. The topological polar surface area (TPSA) is 69.6 Å². The quantitative estimate of drug-likeness (QED) is 0.583. The SMILES string of the molecule is C=CC(=O)NCC(CC(=O)O)CN(C)C. The van der Waals surface area contributed by atoms with Gasteiger partial charge >= 0.3 is 5.97 Å². The first-order chi connectivity index (χ1) is 6.95. The van der Waals surface area contributed by atoms with Gasteiger partial charge in [0.05, 0.1) is 6.42 Å². The van der Waals surface area contributed by atoms with Gasteiger partial charge in [0, 0.05) is 13.1 Å². The normalized spacial score (nSPS) is 12.2. The van der Waals surface area contributed by atoms with Crippen LogP contribution in [-0.2, 0) is 9.59 Å². The number of carbonyl (C=O) groups excluding carboxylic acids is 1. The van der Waals surface area contributed by atoms with Crippen LogP contribution < -0.4 is 5.32 Å². The number of carbonyl (C=O) groups is 2. The number of rotatable bonds is 7. The summed E-state index contributed by atoms with van der Waals surface area (Å²) < 4.78 is 0. The molecular weight excluding hydrogens is 196 g/mol. The van der Waals surface area contributed by atoms with E-state index in [-0.39, 0.29) is 18.2 Å². The van der Waals surface area contributed by atoms with Crippen LogP contribution in [-0.4, -0.2) is 49.1 Å². The Bertz CT molecular complexity index is 239. The molecule has 0 aromatic carbocycles. The van der Waals surface area contributed by atoms with E-state index in [2.05, 4.69) is 11.9 Å². The van der Waals surface area contributed by atoms with Crippen LogP contribution in [0.2, 0.25) is 0 Å². The predicted octanol–water partition coefficient (Wildman–Crippen LogP) is -0.0589. The van der Waals surface area contributed by atoms with Gasteiger partial charge in [0.15, 0.2) is 0 Å². The van der Waals surface area contributed by atoms with Gasteiger partial charge in [-0.3, -0.25) is 9.59 Å². The van der Waals surface area contributed by atoms with Crippen molar-refractivity contribution in [2.75, 3.05) is 27.2 Å². The van der Waals surface area contributed by atoms with Gasteiger partial charge in [-0.2, -0.15) is 0 Å². The number of nitrogens with zero attached hydrogens (tertiary/aromatic N) is 1. The van der Waals surface area contributed by atoms with Gasteiger partial charge in [-0.25, -0.2) is 0 Å². The second kappa shape index (κ2) is 7.00. The van der Waals surface area contributed by atoms with Crippen LogP contribution in [0.3, 0.4) is 0 Å². The lowest BCUT2D eigenvalue weighted by Crippen LogP contribution is -2.34. The van der Waals surface area contributed by atoms with Gasteiger partial charge in [0.2, 0.25) is 5.91 Å². The number of hydrogen-bond donors (Lipinski definition) is 2. The lowest BCUT2D eigenvalue weighted by molar-refractivity contribution is -0.138. The first-order valence-corrected chi connectivity index (χ1v) is 4.72. The van der Waals surface area contributed by atoms with E-state index in [0.717, 1.165) is 0 Å². The summed E-state index contributed by atoms with van der Waals surface area (Å²) in [5.41, 5.74) is 0. The Kier molecular flexibility index (Phi) is 6.37. The summed E-state index contributed by atoms with van der Waals surface area (Å²) in [6.07, 6.45) is 1.23. The Hall–Kier alpha value is -1.36. The molecule has 0 bridgehead atoms. The summed E-state index contributed by atoms with van der Waals surface area (Å²) in [5.74, 6) is -1.21. The Labute approximate surface area is 89.8 Å². The van der Waals surface area contributed by atoms with Crippen LogP contribution in [0.15, 0.2) is 12.7 Å². The van der Waals surface area contributed by atoms with Gasteiger partial charge in [-0.05, 0) is 26.1 Å². The second-order valence-electron chi connectivity index (χ2n) is 3.68. The van der Waals surface area contributed by atoms with E-state index in [4.69, 9.17) is 5.11 Å². The van der Waals surface area contributed by atoms with Crippen molar-refractivity contribution in [3.8, 4) is 0 Å². The molecule has 15 heavy (non-hydrogen) atoms. The van der Waals surface area contributed by atoms with E-state index in [1.807, 2.05) is 19.0 Å². The second-order valence-corrected chi connectivity index (χ2v) is 3.68. The van der Waals surface area contributed by atoms with E-state index in [1.54, 1.807) is 0 Å². The third-order valence-electron chi connectivity index (χ3n) is 1.84. The fourth-order valence-corrected chi connectivity index (χ4v) is 1.28. The summed E-state index contributed by atoms with van der Waals surface area (Å²) in [7, 11) is 3.73. The predicted molar refractivity (Wildman–Crippen MR) is 57.5 cm³/mol. The number of nitrogens with one attached hydrogen (secondary N) is 1. The summed E-state index contributed by atoms with van der Waals surface area (Å²) in [6, 6.07) is 0. The zero-order chi connectivity index (χ0) is 11.8. The van der Waals surface area contributed by atoms with Gasteiger partial charge in [-0.1, -0.05) is 6.58 Å². The molecule has 1 unspecified atom stereocenters. The highest BCUT2D eigenvalue weighted by Crippen LogP contribution is 2.03. The largest absolute Gasteiger partial charge is 0.481 e. The summed E-state index contributed by atoms with van der Waals surface area (Å²) in [5, 5.41) is 11.3. The average molecular weight is 214 g/mol. The molecule has 0 aliphatic heterocycles. The van der Waals surface area contributed by atoms with Crippen molar-refractivity contribution < 1.29 is 14.7 Å². The van der Waals surface area contributed by atoms with Crippen molar-refractivity contribution in [2.45, 2.75) is 6.42 Å². The van der Waals surface area contributed by atoms with E-state index in [0.29, 0.717) is 13.1 Å². The minimum Gasteiger partial charge on any atom is -0.481 e. The fraction of sp³-hybridized carbons (Fsp3) is 0.600. The molecule has 0 aromatic heterocycles. The molecule has 0 aromatic rings. The molecular formula is C10H18N2O3. The van der Waals surface area contributed by atoms with Crippen molar-refractivity contribution in [1.29, 1.82) is 0 Å². The highest BCUT2D eigenvalue weighted by molar-refractivity contribution is 5.86. The van der Waals surface area contributed by atoms with Crippen LogP contribution in [0.25, 0.3) is 0 Å². The van der Waals surface area contributed by atoms with E-state index < -0.39 is 5.97 Å². The summed E-state index contributed by atoms with van der Waals surface area (Å²) >= 11 is 0. The molecule has 1 atom stereocenters. The Morgan fingerprint density at radius 2 is 2.13 bits per heavy atom. The van der Waals surface area contributed by atoms with Gasteiger partial charge in [0.25, 0.3) is 0 Å². The molecule has 0 saturated heterocycles. The lowest BCUT2D eigenvalue weighted by Gasteiger charge is -2.19.